The number of hydrogen-bond donors (Lipinski definition) is 0. The second-order valence-corrected chi connectivity index (χ2v) is 5.69. The normalized spacial score (nSPS) is 13.3. The number of nitrogens with zero attached hydrogens (tertiary/aromatic N) is 1. The average molecular weight is 313 g/mol. The molecule has 1 atom stereocenters. The van der Waals surface area contributed by atoms with Gasteiger partial charge in [-0.25, -0.2) is 13.0 Å². The first kappa shape index (κ1) is 18.9. The molecule has 20 heavy (non-hydrogen) atoms. The van der Waals surface area contributed by atoms with Gasteiger partial charge in [-0.3, -0.25) is 0 Å². The van der Waals surface area contributed by atoms with Crippen LogP contribution in [0.25, 0.3) is 0 Å². The van der Waals surface area contributed by atoms with E-state index in [2.05, 4.69) is 49.0 Å². The molecule has 1 rings (SSSR count). The highest BCUT2D eigenvalue weighted by molar-refractivity contribution is 7.86. The van der Waals surface area contributed by atoms with E-state index in [1.807, 2.05) is 0 Å². The molecule has 0 saturated carbocycles. The van der Waals surface area contributed by atoms with E-state index in [4.69, 9.17) is 13.0 Å². The summed E-state index contributed by atoms with van der Waals surface area (Å²) in [5.41, 5.74) is -5.65. The molecule has 0 aromatic carbocycles. The van der Waals surface area contributed by atoms with Gasteiger partial charge in [-0.1, -0.05) is 26.3 Å². The Bertz CT molecular complexity index is 474. The predicted molar refractivity (Wildman–Crippen MR) is 66.5 cm³/mol. The zero-order valence-electron chi connectivity index (χ0n) is 11.3. The summed E-state index contributed by atoms with van der Waals surface area (Å²) in [6.45, 7) is 5.71. The lowest BCUT2D eigenvalue weighted by atomic mass is 10.1. The van der Waals surface area contributed by atoms with Crippen LogP contribution in [-0.2, 0) is 16.7 Å². The van der Waals surface area contributed by atoms with Gasteiger partial charge in [0.2, 0.25) is 0 Å². The third-order valence-corrected chi connectivity index (χ3v) is 3.20. The van der Waals surface area contributed by atoms with Gasteiger partial charge in [0.05, 0.1) is 0 Å². The number of hydrogen-bond acceptors (Lipinski definition) is 3. The molecule has 0 N–H and O–H groups in total. The Morgan fingerprint density at radius 3 is 2.00 bits per heavy atom. The quantitative estimate of drug-likeness (QED) is 0.487. The Morgan fingerprint density at radius 2 is 1.65 bits per heavy atom. The van der Waals surface area contributed by atoms with E-state index in [0.29, 0.717) is 0 Å². The van der Waals surface area contributed by atoms with Gasteiger partial charge in [-0.2, -0.15) is 13.2 Å². The van der Waals surface area contributed by atoms with Crippen LogP contribution in [0.3, 0.4) is 0 Å². The first-order chi connectivity index (χ1) is 9.08. The molecule has 116 valence electrons. The molecule has 1 aromatic heterocycles. The van der Waals surface area contributed by atoms with Gasteiger partial charge in [0.1, 0.15) is 6.54 Å². The van der Waals surface area contributed by atoms with Crippen LogP contribution >= 0.6 is 0 Å². The van der Waals surface area contributed by atoms with E-state index in [1.54, 1.807) is 0 Å². The van der Waals surface area contributed by atoms with Crippen LogP contribution in [-0.4, -0.2) is 18.5 Å². The van der Waals surface area contributed by atoms with E-state index >= 15 is 0 Å². The monoisotopic (exact) mass is 313 g/mol. The van der Waals surface area contributed by atoms with Crippen molar-refractivity contribution in [2.45, 2.75) is 38.7 Å². The molecule has 1 heterocycles. The minimum absolute atomic E-state index is 0.845. The fraction of sp³-hybridized carbons (Fsp3) is 0.583. The molecule has 0 spiro atoms. The predicted octanol–water partition coefficient (Wildman–Crippen LogP) is 2.46. The first-order valence-electron chi connectivity index (χ1n) is 6.04. The maximum atomic E-state index is 10.7. The summed E-state index contributed by atoms with van der Waals surface area (Å²) in [5, 5.41) is 0. The summed E-state index contributed by atoms with van der Waals surface area (Å²) < 4.78 is 61.1. The molecule has 0 fully saturated rings. The highest BCUT2D eigenvalue weighted by atomic mass is 32.2. The average Bonchev–Trinajstić information content (AvgIpc) is 2.35. The van der Waals surface area contributed by atoms with Gasteiger partial charge < -0.3 is 4.55 Å². The Kier molecular flexibility index (Phi) is 7.74. The molecule has 0 aliphatic rings. The summed E-state index contributed by atoms with van der Waals surface area (Å²) >= 11 is 0. The zero-order chi connectivity index (χ0) is 15.8. The molecule has 0 radical (unpaired) electrons. The summed E-state index contributed by atoms with van der Waals surface area (Å²) in [6, 6.07) is 6.22. The standard InChI is InChI=1S/C11H18N.CHF3O3S/c1-3-11(2)7-10-12-8-5-4-6-9-12;2-1(3,4)8(5,6)7/h4-6,8-9,11H,3,7,10H2,1-2H3;(H,5,6,7)/q+1;/p-1. The molecule has 0 saturated heterocycles. The van der Waals surface area contributed by atoms with Crippen LogP contribution < -0.4 is 4.57 Å². The van der Waals surface area contributed by atoms with Crippen molar-refractivity contribution >= 4 is 10.1 Å². The van der Waals surface area contributed by atoms with Gasteiger partial charge >= 0.3 is 5.51 Å². The van der Waals surface area contributed by atoms with Crippen LogP contribution in [0.5, 0.6) is 0 Å². The number of rotatable bonds is 4. The minimum atomic E-state index is -6.09. The minimum Gasteiger partial charge on any atom is -0.741 e. The summed E-state index contributed by atoms with van der Waals surface area (Å²) in [7, 11) is -6.09. The maximum Gasteiger partial charge on any atom is 0.485 e. The Morgan fingerprint density at radius 1 is 1.20 bits per heavy atom. The van der Waals surface area contributed by atoms with Crippen molar-refractivity contribution in [3.05, 3.63) is 30.6 Å². The van der Waals surface area contributed by atoms with Crippen molar-refractivity contribution in [2.75, 3.05) is 0 Å². The summed E-state index contributed by atoms with van der Waals surface area (Å²) in [4.78, 5) is 0. The fourth-order valence-electron chi connectivity index (χ4n) is 1.16. The summed E-state index contributed by atoms with van der Waals surface area (Å²) in [6.07, 6.45) is 6.82. The highest BCUT2D eigenvalue weighted by Crippen LogP contribution is 2.20. The molecular formula is C12H18F3NO3S. The Balaban J connectivity index is 0.000000396. The van der Waals surface area contributed by atoms with Gasteiger partial charge in [-0.15, -0.1) is 0 Å². The zero-order valence-corrected chi connectivity index (χ0v) is 12.1. The van der Waals surface area contributed by atoms with E-state index < -0.39 is 15.6 Å². The molecule has 0 bridgehead atoms. The SMILES string of the molecule is CCC(C)CC[n+]1ccccc1.O=S(=O)([O-])C(F)(F)F. The van der Waals surface area contributed by atoms with Crippen molar-refractivity contribution in [3.8, 4) is 0 Å². The van der Waals surface area contributed by atoms with Crippen LogP contribution in [0, 0.1) is 5.92 Å². The van der Waals surface area contributed by atoms with Crippen molar-refractivity contribution in [3.63, 3.8) is 0 Å². The van der Waals surface area contributed by atoms with E-state index in [1.165, 1.54) is 12.8 Å². The van der Waals surface area contributed by atoms with Crippen molar-refractivity contribution in [1.29, 1.82) is 0 Å². The molecule has 1 aromatic rings. The van der Waals surface area contributed by atoms with Crippen molar-refractivity contribution < 1.29 is 30.7 Å². The van der Waals surface area contributed by atoms with Crippen LogP contribution in [0.15, 0.2) is 30.6 Å². The molecule has 1 unspecified atom stereocenters. The highest BCUT2D eigenvalue weighted by Gasteiger charge is 2.36. The largest absolute Gasteiger partial charge is 0.741 e. The van der Waals surface area contributed by atoms with Gasteiger partial charge in [-0.05, 0) is 5.92 Å². The van der Waals surface area contributed by atoms with Crippen molar-refractivity contribution in [2.24, 2.45) is 5.92 Å². The Hall–Kier alpha value is -1.15. The second kappa shape index (κ2) is 8.21. The third kappa shape index (κ3) is 8.11. The maximum absolute atomic E-state index is 10.7. The first-order valence-corrected chi connectivity index (χ1v) is 7.45. The van der Waals surface area contributed by atoms with Crippen molar-refractivity contribution in [1.82, 2.24) is 0 Å². The summed E-state index contributed by atoms with van der Waals surface area (Å²) in [5.74, 6) is 0.845. The lowest BCUT2D eigenvalue weighted by Crippen LogP contribution is -2.33. The molecule has 4 nitrogen and oxygen atoms in total. The topological polar surface area (TPSA) is 61.1 Å². The number of pyridine rings is 1. The van der Waals surface area contributed by atoms with E-state index in [-0.39, 0.29) is 0 Å². The van der Waals surface area contributed by atoms with Gasteiger partial charge in [0, 0.05) is 18.6 Å². The third-order valence-electron chi connectivity index (χ3n) is 2.64. The smallest absolute Gasteiger partial charge is 0.485 e. The molecule has 0 aliphatic carbocycles. The van der Waals surface area contributed by atoms with Gasteiger partial charge in [0.25, 0.3) is 0 Å². The van der Waals surface area contributed by atoms with E-state index in [9.17, 15) is 13.2 Å². The molecule has 8 heteroatoms. The Labute approximate surface area is 117 Å². The fourth-order valence-corrected chi connectivity index (χ4v) is 1.16. The van der Waals surface area contributed by atoms with Gasteiger partial charge in [0.15, 0.2) is 22.5 Å². The van der Waals surface area contributed by atoms with E-state index in [0.717, 1.165) is 12.5 Å². The number of alkyl halides is 3. The number of aromatic nitrogens is 1. The molecule has 0 amide bonds. The number of aryl methyl sites for hydroxylation is 1. The number of halogens is 3. The molecular weight excluding hydrogens is 295 g/mol. The lowest BCUT2D eigenvalue weighted by Gasteiger charge is -2.08. The second-order valence-electron chi connectivity index (χ2n) is 4.32. The van der Waals surface area contributed by atoms with Crippen LogP contribution in [0.1, 0.15) is 26.7 Å². The lowest BCUT2D eigenvalue weighted by molar-refractivity contribution is -0.698. The van der Waals surface area contributed by atoms with Crippen LogP contribution in [0.4, 0.5) is 13.2 Å². The van der Waals surface area contributed by atoms with Crippen LogP contribution in [0.2, 0.25) is 0 Å². The molecule has 0 aliphatic heterocycles.